The highest BCUT2D eigenvalue weighted by atomic mass is 16.5. The lowest BCUT2D eigenvalue weighted by Crippen LogP contribution is -2.61. The number of guanidine groups is 1. The molecule has 1 aliphatic rings. The van der Waals surface area contributed by atoms with Crippen LogP contribution in [0.5, 0.6) is 5.75 Å². The van der Waals surface area contributed by atoms with Gasteiger partial charge in [0.05, 0.1) is 12.7 Å². The molecule has 0 aliphatic carbocycles. The van der Waals surface area contributed by atoms with Crippen molar-refractivity contribution in [2.75, 3.05) is 19.7 Å². The maximum Gasteiger partial charge on any atom is 0.326 e. The van der Waals surface area contributed by atoms with Gasteiger partial charge in [0.15, 0.2) is 5.96 Å². The van der Waals surface area contributed by atoms with Gasteiger partial charge in [-0.25, -0.2) is 9.78 Å². The Bertz CT molecular complexity index is 2560. The summed E-state index contributed by atoms with van der Waals surface area (Å²) in [5, 5.41) is 36.4. The van der Waals surface area contributed by atoms with Crippen LogP contribution in [-0.2, 0) is 67.2 Å². The van der Waals surface area contributed by atoms with Crippen molar-refractivity contribution in [1.29, 1.82) is 0 Å². The summed E-state index contributed by atoms with van der Waals surface area (Å²) in [6.07, 6.45) is 10.8. The molecule has 24 nitrogen and oxygen atoms in total. The van der Waals surface area contributed by atoms with Crippen molar-refractivity contribution in [3.8, 4) is 5.75 Å². The number of esters is 1. The van der Waals surface area contributed by atoms with Crippen molar-refractivity contribution in [3.05, 3.63) is 83.9 Å². The van der Waals surface area contributed by atoms with E-state index in [-0.39, 0.29) is 82.8 Å². The summed E-state index contributed by atoms with van der Waals surface area (Å²) in [5.74, 6) is -8.07. The van der Waals surface area contributed by atoms with E-state index < -0.39 is 107 Å². The molecular weight excluding hydrogens is 1060 g/mol. The molecule has 0 radical (unpaired) electrons. The number of hydrogen-bond donors (Lipinski definition) is 11. The Morgan fingerprint density at radius 1 is 0.695 bits per heavy atom. The molecule has 13 N–H and O–H groups in total. The van der Waals surface area contributed by atoms with Gasteiger partial charge in [0.2, 0.25) is 41.4 Å². The Morgan fingerprint density at radius 2 is 1.29 bits per heavy atom. The van der Waals surface area contributed by atoms with Crippen LogP contribution in [0.2, 0.25) is 0 Å². The van der Waals surface area contributed by atoms with E-state index in [4.69, 9.17) is 16.2 Å². The number of nitrogens with zero attached hydrogens (tertiary/aromatic N) is 3. The van der Waals surface area contributed by atoms with Gasteiger partial charge < -0.3 is 68.2 Å². The second-order valence-corrected chi connectivity index (χ2v) is 21.4. The minimum absolute atomic E-state index is 0.00517. The Kier molecular flexibility index (Phi) is 28.3. The second-order valence-electron chi connectivity index (χ2n) is 21.4. The number of benzene rings is 2. The molecule has 2 aromatic carbocycles. The molecule has 7 amide bonds. The first-order valence-electron chi connectivity index (χ1n) is 28.5. The van der Waals surface area contributed by atoms with Crippen LogP contribution < -0.4 is 43.4 Å². The Morgan fingerprint density at radius 3 is 1.89 bits per heavy atom. The number of imidazole rings is 1. The zero-order valence-electron chi connectivity index (χ0n) is 48.0. The third-order valence-corrected chi connectivity index (χ3v) is 14.0. The molecule has 2 heterocycles. The highest BCUT2D eigenvalue weighted by Gasteiger charge is 2.41. The number of carboxylic acid groups (broad SMARTS) is 1. The molecule has 1 aromatic heterocycles. The summed E-state index contributed by atoms with van der Waals surface area (Å²) in [5.41, 5.74) is 12.7. The molecule has 0 saturated carbocycles. The summed E-state index contributed by atoms with van der Waals surface area (Å²) in [7, 11) is 0. The van der Waals surface area contributed by atoms with Crippen LogP contribution in [0, 0.1) is 11.8 Å². The van der Waals surface area contributed by atoms with E-state index >= 15 is 0 Å². The number of aromatic nitrogens is 2. The summed E-state index contributed by atoms with van der Waals surface area (Å²) < 4.78 is 5.30. The maximum atomic E-state index is 14.6. The van der Waals surface area contributed by atoms with E-state index in [0.717, 1.165) is 32.1 Å². The molecule has 1 saturated heterocycles. The number of ether oxygens (including phenoxy) is 1. The van der Waals surface area contributed by atoms with E-state index in [9.17, 15) is 53.4 Å². The van der Waals surface area contributed by atoms with Crippen LogP contribution in [-0.4, -0.2) is 146 Å². The molecule has 0 unspecified atom stereocenters. The molecular formula is C58H86N12O12. The zero-order valence-corrected chi connectivity index (χ0v) is 48.0. The first-order chi connectivity index (χ1) is 39.2. The Balaban J connectivity index is 1.50. The first-order valence-corrected chi connectivity index (χ1v) is 28.5. The van der Waals surface area contributed by atoms with Crippen LogP contribution in [0.1, 0.15) is 135 Å². The number of nitrogens with one attached hydrogen (secondary N) is 7. The number of aromatic hydroxyl groups is 1. The number of aromatic amines is 1. The number of phenols is 1. The van der Waals surface area contributed by atoms with Crippen molar-refractivity contribution in [2.24, 2.45) is 28.3 Å². The highest BCUT2D eigenvalue weighted by molar-refractivity contribution is 5.98. The molecule has 82 heavy (non-hydrogen) atoms. The van der Waals surface area contributed by atoms with Crippen molar-refractivity contribution < 1.29 is 58.1 Å². The number of aliphatic carboxylic acids is 1. The third-order valence-electron chi connectivity index (χ3n) is 14.0. The summed E-state index contributed by atoms with van der Waals surface area (Å²) >= 11 is 0. The average molecular weight is 1140 g/mol. The standard InChI is InChI=1S/C58H86N12O12/c1-6-7-8-9-10-11-15-22-48(73)82-30-27-47(72)64-42(20-16-28-62-58(59)60)51(74)68-49(36(2)3)54(77)65-43(31-39-23-25-41(71)26-24-39)52(75)69-50(37(4)5)55(78)66-44(33-40-34-61-35-63-40)56(79)70-29-17-21-46(70)53(76)67-45(57(80)81)32-38-18-13-12-14-19-38/h12-14,18-19,23-26,34-37,42-46,49-50,71H,6-11,15-17,20-22,27-33H2,1-5H3,(H,61,63)(H,64,72)(H,65,77)(H,66,78)(H,67,76)(H,68,74)(H,69,75)(H,80,81)(H4,59,60,62)/t42-,43-,44-,45-,46-,49-,50-/m0/s1. The lowest BCUT2D eigenvalue weighted by Gasteiger charge is -2.31. The van der Waals surface area contributed by atoms with E-state index in [1.807, 2.05) is 0 Å². The van der Waals surface area contributed by atoms with E-state index in [1.165, 1.54) is 36.0 Å². The van der Waals surface area contributed by atoms with Crippen LogP contribution in [0.4, 0.5) is 0 Å². The minimum atomic E-state index is -1.39. The van der Waals surface area contributed by atoms with Gasteiger partial charge in [-0.3, -0.25) is 43.3 Å². The molecule has 3 aromatic rings. The van der Waals surface area contributed by atoms with Gasteiger partial charge in [-0.1, -0.05) is 116 Å². The third kappa shape index (κ3) is 23.2. The van der Waals surface area contributed by atoms with Crippen molar-refractivity contribution >= 4 is 59.2 Å². The number of carboxylic acids is 1. The maximum absolute atomic E-state index is 14.6. The number of hydrogen-bond acceptors (Lipinski definition) is 13. The lowest BCUT2D eigenvalue weighted by molar-refractivity contribution is -0.145. The number of rotatable bonds is 36. The second kappa shape index (κ2) is 34.9. The Hall–Kier alpha value is -8.05. The van der Waals surface area contributed by atoms with Gasteiger partial charge in [0.1, 0.15) is 54.6 Å². The zero-order chi connectivity index (χ0) is 60.1. The highest BCUT2D eigenvalue weighted by Crippen LogP contribution is 2.21. The summed E-state index contributed by atoms with van der Waals surface area (Å²) in [4.78, 5) is 136. The van der Waals surface area contributed by atoms with E-state index in [2.05, 4.69) is 53.8 Å². The topological polar surface area (TPSA) is 372 Å². The number of carbonyl (C=O) groups excluding carboxylic acids is 8. The van der Waals surface area contributed by atoms with Crippen molar-refractivity contribution in [3.63, 3.8) is 0 Å². The fourth-order valence-electron chi connectivity index (χ4n) is 9.41. The van der Waals surface area contributed by atoms with E-state index in [1.54, 1.807) is 70.2 Å². The van der Waals surface area contributed by atoms with Crippen LogP contribution in [0.3, 0.4) is 0 Å². The van der Waals surface area contributed by atoms with Gasteiger partial charge in [0, 0.05) is 50.7 Å². The molecule has 450 valence electrons. The number of nitrogens with two attached hydrogens (primary N) is 2. The number of carbonyl (C=O) groups is 9. The van der Waals surface area contributed by atoms with E-state index in [0.29, 0.717) is 29.7 Å². The molecule has 1 fully saturated rings. The van der Waals surface area contributed by atoms with Crippen molar-refractivity contribution in [1.82, 2.24) is 46.8 Å². The monoisotopic (exact) mass is 1140 g/mol. The van der Waals surface area contributed by atoms with Crippen LogP contribution >= 0.6 is 0 Å². The number of likely N-dealkylation sites (tertiary alicyclic amines) is 1. The molecule has 0 bridgehead atoms. The van der Waals surface area contributed by atoms with Crippen LogP contribution in [0.15, 0.2) is 72.1 Å². The molecule has 1 aliphatic heterocycles. The SMILES string of the molecule is CCCCCCCCCC(=O)OCCC(=O)N[C@@H](CCCN=C(N)N)C(=O)N[C@H](C(=O)N[C@@H](Cc1ccc(O)cc1)C(=O)N[C@H](C(=O)N[C@@H](Cc1cnc[nH]1)C(=O)N1CCC[C@H]1C(=O)N[C@@H](Cc1ccccc1)C(=O)O)C(C)C)C(C)C. The quantitative estimate of drug-likeness (QED) is 0.0173. The Labute approximate surface area is 479 Å². The summed E-state index contributed by atoms with van der Waals surface area (Å²) in [6.45, 7) is 8.87. The predicted octanol–water partition coefficient (Wildman–Crippen LogP) is 2.57. The van der Waals surface area contributed by atoms with Crippen molar-refractivity contribution in [2.45, 2.75) is 180 Å². The molecule has 0 spiro atoms. The van der Waals surface area contributed by atoms with Gasteiger partial charge in [-0.15, -0.1) is 0 Å². The number of phenolic OH excluding ortho intramolecular Hbond substituents is 1. The first kappa shape index (κ1) is 66.5. The van der Waals surface area contributed by atoms with Crippen LogP contribution in [0.25, 0.3) is 0 Å². The normalized spacial score (nSPS) is 15.2. The molecule has 24 heteroatoms. The van der Waals surface area contributed by atoms with Gasteiger partial charge in [-0.2, -0.15) is 0 Å². The average Bonchev–Trinajstić information content (AvgIpc) is 4.36. The number of amides is 7. The largest absolute Gasteiger partial charge is 0.508 e. The number of H-pyrrole nitrogens is 1. The van der Waals surface area contributed by atoms with Gasteiger partial charge in [0.25, 0.3) is 0 Å². The predicted molar refractivity (Wildman–Crippen MR) is 306 cm³/mol. The number of aliphatic imine (C=N–C) groups is 1. The lowest BCUT2D eigenvalue weighted by atomic mass is 9.98. The van der Waals surface area contributed by atoms with Gasteiger partial charge >= 0.3 is 11.9 Å². The van der Waals surface area contributed by atoms with Gasteiger partial charge in [-0.05, 0) is 67.2 Å². The summed E-state index contributed by atoms with van der Waals surface area (Å²) in [6, 6.07) is 5.87. The number of unbranched alkanes of at least 4 members (excludes halogenated alkanes) is 6. The minimum Gasteiger partial charge on any atom is -0.508 e. The fourth-order valence-corrected chi connectivity index (χ4v) is 9.41. The molecule has 7 atom stereocenters. The fraction of sp³-hybridized carbons (Fsp3) is 0.569. The molecule has 4 rings (SSSR count). The smallest absolute Gasteiger partial charge is 0.326 e.